The van der Waals surface area contributed by atoms with Crippen molar-refractivity contribution in [1.29, 1.82) is 0 Å². The Labute approximate surface area is 114 Å². The summed E-state index contributed by atoms with van der Waals surface area (Å²) in [4.78, 5) is 14.8. The standard InChI is InChI=1S/C13H14FN3OS/c1-17(10-4-2-3-9(14)7-10)8-11-5-6-12(19-11)13(18)16-15/h2-7H,8,15H2,1H3,(H,16,18). The third kappa shape index (κ3) is 3.30. The number of carbonyl (C=O) groups is 1. The maximum atomic E-state index is 13.1. The molecule has 19 heavy (non-hydrogen) atoms. The van der Waals surface area contributed by atoms with E-state index in [-0.39, 0.29) is 11.7 Å². The topological polar surface area (TPSA) is 58.4 Å². The Balaban J connectivity index is 2.08. The van der Waals surface area contributed by atoms with Crippen molar-refractivity contribution in [2.45, 2.75) is 6.54 Å². The van der Waals surface area contributed by atoms with Crippen LogP contribution in [0.3, 0.4) is 0 Å². The summed E-state index contributed by atoms with van der Waals surface area (Å²) in [5.74, 6) is 4.51. The minimum atomic E-state index is -0.301. The highest BCUT2D eigenvalue weighted by Crippen LogP contribution is 2.21. The number of nitrogens with one attached hydrogen (secondary N) is 1. The van der Waals surface area contributed by atoms with E-state index in [0.717, 1.165) is 10.6 Å². The van der Waals surface area contributed by atoms with Gasteiger partial charge in [0.2, 0.25) is 0 Å². The van der Waals surface area contributed by atoms with Crippen LogP contribution in [0.1, 0.15) is 14.5 Å². The predicted octanol–water partition coefficient (Wildman–Crippen LogP) is 2.13. The molecule has 2 rings (SSSR count). The number of anilines is 1. The number of hydrogen-bond acceptors (Lipinski definition) is 4. The van der Waals surface area contributed by atoms with Crippen LogP contribution < -0.4 is 16.2 Å². The lowest BCUT2D eigenvalue weighted by atomic mass is 10.3. The molecule has 6 heteroatoms. The van der Waals surface area contributed by atoms with Gasteiger partial charge in [-0.1, -0.05) is 6.07 Å². The van der Waals surface area contributed by atoms with Gasteiger partial charge in [-0.25, -0.2) is 10.2 Å². The lowest BCUT2D eigenvalue weighted by Crippen LogP contribution is -2.29. The normalized spacial score (nSPS) is 10.3. The van der Waals surface area contributed by atoms with E-state index >= 15 is 0 Å². The monoisotopic (exact) mass is 279 g/mol. The fraction of sp³-hybridized carbons (Fsp3) is 0.154. The summed E-state index contributed by atoms with van der Waals surface area (Å²) in [5, 5.41) is 0. The van der Waals surface area contributed by atoms with Crippen LogP contribution in [0.2, 0.25) is 0 Å². The van der Waals surface area contributed by atoms with E-state index < -0.39 is 0 Å². The van der Waals surface area contributed by atoms with E-state index in [1.165, 1.54) is 23.5 Å². The van der Waals surface area contributed by atoms with Crippen LogP contribution >= 0.6 is 11.3 Å². The molecule has 1 aromatic heterocycles. The van der Waals surface area contributed by atoms with Gasteiger partial charge in [0.15, 0.2) is 0 Å². The van der Waals surface area contributed by atoms with Gasteiger partial charge in [0.1, 0.15) is 5.82 Å². The van der Waals surface area contributed by atoms with Crippen molar-refractivity contribution in [3.05, 3.63) is 52.0 Å². The molecule has 0 saturated carbocycles. The summed E-state index contributed by atoms with van der Waals surface area (Å²) in [6, 6.07) is 9.98. The predicted molar refractivity (Wildman–Crippen MR) is 74.5 cm³/mol. The van der Waals surface area contributed by atoms with Crippen molar-refractivity contribution in [1.82, 2.24) is 5.43 Å². The number of halogens is 1. The van der Waals surface area contributed by atoms with Crippen LogP contribution in [0.15, 0.2) is 36.4 Å². The van der Waals surface area contributed by atoms with Gasteiger partial charge in [0, 0.05) is 17.6 Å². The van der Waals surface area contributed by atoms with Gasteiger partial charge >= 0.3 is 0 Å². The molecule has 0 aliphatic rings. The highest BCUT2D eigenvalue weighted by molar-refractivity contribution is 7.14. The van der Waals surface area contributed by atoms with Crippen LogP contribution in [0, 0.1) is 5.82 Å². The fourth-order valence-electron chi connectivity index (χ4n) is 1.69. The van der Waals surface area contributed by atoms with Crippen LogP contribution in [0.4, 0.5) is 10.1 Å². The van der Waals surface area contributed by atoms with Crippen molar-refractivity contribution in [3.63, 3.8) is 0 Å². The van der Waals surface area contributed by atoms with Crippen molar-refractivity contribution in [2.24, 2.45) is 5.84 Å². The fourth-order valence-corrected chi connectivity index (χ4v) is 2.66. The highest BCUT2D eigenvalue weighted by Gasteiger charge is 2.09. The number of nitrogens with zero attached hydrogens (tertiary/aromatic N) is 1. The van der Waals surface area contributed by atoms with Gasteiger partial charge in [-0.15, -0.1) is 11.3 Å². The van der Waals surface area contributed by atoms with E-state index in [2.05, 4.69) is 5.43 Å². The smallest absolute Gasteiger partial charge is 0.275 e. The maximum Gasteiger partial charge on any atom is 0.275 e. The summed E-state index contributed by atoms with van der Waals surface area (Å²) >= 11 is 1.37. The molecule has 0 fully saturated rings. The molecule has 0 atom stereocenters. The Kier molecular flexibility index (Phi) is 4.13. The Morgan fingerprint density at radius 2 is 2.21 bits per heavy atom. The first-order valence-corrected chi connectivity index (χ1v) is 6.48. The van der Waals surface area contributed by atoms with E-state index in [9.17, 15) is 9.18 Å². The summed E-state index contributed by atoms with van der Waals surface area (Å²) < 4.78 is 13.1. The Morgan fingerprint density at radius 3 is 2.89 bits per heavy atom. The summed E-state index contributed by atoms with van der Waals surface area (Å²) in [6.45, 7) is 0.603. The second-order valence-electron chi connectivity index (χ2n) is 4.08. The summed E-state index contributed by atoms with van der Waals surface area (Å²) in [5.41, 5.74) is 2.89. The zero-order valence-corrected chi connectivity index (χ0v) is 11.2. The SMILES string of the molecule is CN(Cc1ccc(C(=O)NN)s1)c1cccc(F)c1. The molecular weight excluding hydrogens is 265 g/mol. The highest BCUT2D eigenvalue weighted by atomic mass is 32.1. The third-order valence-corrected chi connectivity index (χ3v) is 3.73. The minimum absolute atomic E-state index is 0.265. The summed E-state index contributed by atoms with van der Waals surface area (Å²) in [7, 11) is 1.87. The average molecular weight is 279 g/mol. The Morgan fingerprint density at radius 1 is 1.42 bits per heavy atom. The molecule has 0 bridgehead atoms. The van der Waals surface area contributed by atoms with Gasteiger partial charge in [-0.2, -0.15) is 0 Å². The van der Waals surface area contributed by atoms with E-state index in [1.807, 2.05) is 24.1 Å². The molecule has 3 N–H and O–H groups in total. The first-order valence-electron chi connectivity index (χ1n) is 5.66. The average Bonchev–Trinajstić information content (AvgIpc) is 2.86. The largest absolute Gasteiger partial charge is 0.369 e. The number of hydrazine groups is 1. The van der Waals surface area contributed by atoms with Gasteiger partial charge < -0.3 is 4.90 Å². The number of thiophene rings is 1. The minimum Gasteiger partial charge on any atom is -0.369 e. The second-order valence-corrected chi connectivity index (χ2v) is 5.24. The molecule has 0 unspecified atom stereocenters. The number of rotatable bonds is 4. The second kappa shape index (κ2) is 5.81. The molecule has 1 heterocycles. The zero-order valence-electron chi connectivity index (χ0n) is 10.4. The molecule has 0 radical (unpaired) electrons. The number of benzene rings is 1. The quantitative estimate of drug-likeness (QED) is 0.512. The van der Waals surface area contributed by atoms with E-state index in [0.29, 0.717) is 11.4 Å². The number of nitrogen functional groups attached to an aromatic ring is 1. The molecule has 100 valence electrons. The molecule has 1 amide bonds. The first kappa shape index (κ1) is 13.5. The van der Waals surface area contributed by atoms with Crippen LogP contribution in [-0.2, 0) is 6.54 Å². The molecular formula is C13H14FN3OS. The number of hydrogen-bond donors (Lipinski definition) is 2. The van der Waals surface area contributed by atoms with Gasteiger partial charge in [-0.3, -0.25) is 10.2 Å². The molecule has 4 nitrogen and oxygen atoms in total. The van der Waals surface area contributed by atoms with Crippen LogP contribution in [0.5, 0.6) is 0 Å². The molecule has 0 aliphatic carbocycles. The Hall–Kier alpha value is -1.92. The molecule has 0 saturated heterocycles. The van der Waals surface area contributed by atoms with Crippen molar-refractivity contribution in [2.75, 3.05) is 11.9 Å². The maximum absolute atomic E-state index is 13.1. The van der Waals surface area contributed by atoms with E-state index in [1.54, 1.807) is 12.1 Å². The lowest BCUT2D eigenvalue weighted by molar-refractivity contribution is 0.0957. The lowest BCUT2D eigenvalue weighted by Gasteiger charge is -2.18. The zero-order chi connectivity index (χ0) is 13.8. The van der Waals surface area contributed by atoms with Crippen LogP contribution in [-0.4, -0.2) is 13.0 Å². The van der Waals surface area contributed by atoms with Crippen molar-refractivity contribution < 1.29 is 9.18 Å². The first-order chi connectivity index (χ1) is 9.10. The molecule has 1 aromatic carbocycles. The van der Waals surface area contributed by atoms with Gasteiger partial charge in [0.25, 0.3) is 5.91 Å². The van der Waals surface area contributed by atoms with Gasteiger partial charge in [-0.05, 0) is 30.3 Å². The number of amides is 1. The number of nitrogens with two attached hydrogens (primary N) is 1. The van der Waals surface area contributed by atoms with E-state index in [4.69, 9.17) is 5.84 Å². The van der Waals surface area contributed by atoms with Crippen molar-refractivity contribution in [3.8, 4) is 0 Å². The molecule has 0 spiro atoms. The summed E-state index contributed by atoms with van der Waals surface area (Å²) in [6.07, 6.45) is 0. The number of carbonyl (C=O) groups excluding carboxylic acids is 1. The van der Waals surface area contributed by atoms with Gasteiger partial charge in [0.05, 0.1) is 11.4 Å². The third-order valence-electron chi connectivity index (χ3n) is 2.66. The van der Waals surface area contributed by atoms with Crippen LogP contribution in [0.25, 0.3) is 0 Å². The molecule has 0 aliphatic heterocycles. The Bertz CT molecular complexity index is 585. The van der Waals surface area contributed by atoms with Crippen molar-refractivity contribution >= 4 is 22.9 Å². The molecule has 2 aromatic rings.